The number of pyridine rings is 1. The molecule has 38 heavy (non-hydrogen) atoms. The van der Waals surface area contributed by atoms with Crippen LogP contribution in [-0.4, -0.2) is 57.5 Å². The molecular weight excluding hydrogens is 525 g/mol. The summed E-state index contributed by atoms with van der Waals surface area (Å²) in [7, 11) is 0. The van der Waals surface area contributed by atoms with Crippen molar-refractivity contribution in [3.63, 3.8) is 0 Å². The number of carbonyl (C=O) groups is 1. The van der Waals surface area contributed by atoms with Crippen LogP contribution in [0.25, 0.3) is 21.3 Å². The van der Waals surface area contributed by atoms with E-state index in [2.05, 4.69) is 16.0 Å². The van der Waals surface area contributed by atoms with Gasteiger partial charge in [-0.3, -0.25) is 4.98 Å². The Kier molecular flexibility index (Phi) is 6.36. The maximum atomic E-state index is 14.3. The molecule has 1 amide bonds. The third-order valence-corrected chi connectivity index (χ3v) is 9.39. The molecule has 1 unspecified atom stereocenters. The highest BCUT2D eigenvalue weighted by Crippen LogP contribution is 2.51. The molecule has 1 atom stereocenters. The topological polar surface area (TPSA) is 65.9 Å². The molecule has 1 aliphatic carbocycles. The Morgan fingerprint density at radius 1 is 1.26 bits per heavy atom. The fourth-order valence-electron chi connectivity index (χ4n) is 6.55. The third-order valence-electron chi connectivity index (χ3n) is 8.03. The number of hydrogen-bond acceptors (Lipinski definition) is 6. The highest BCUT2D eigenvalue weighted by molar-refractivity contribution is 7.19. The van der Waals surface area contributed by atoms with Crippen molar-refractivity contribution >= 4 is 44.9 Å². The number of ether oxygens (including phenoxy) is 1. The summed E-state index contributed by atoms with van der Waals surface area (Å²) >= 11 is 8.21. The van der Waals surface area contributed by atoms with Gasteiger partial charge >= 0.3 is 6.09 Å². The third kappa shape index (κ3) is 4.44. The molecule has 6 rings (SSSR count). The lowest BCUT2D eigenvalue weighted by Gasteiger charge is -2.47. The van der Waals surface area contributed by atoms with Gasteiger partial charge in [-0.1, -0.05) is 11.6 Å². The zero-order valence-corrected chi connectivity index (χ0v) is 23.5. The second-order valence-electron chi connectivity index (χ2n) is 11.9. The number of aryl methyl sites for hydroxylation is 1. The molecule has 9 heteroatoms. The van der Waals surface area contributed by atoms with Crippen molar-refractivity contribution in [2.45, 2.75) is 82.8 Å². The number of anilines is 1. The predicted octanol–water partition coefficient (Wildman–Crippen LogP) is 6.74. The first-order valence-corrected chi connectivity index (χ1v) is 14.5. The molecule has 6 nitrogen and oxygen atoms in total. The van der Waals surface area contributed by atoms with Crippen LogP contribution in [-0.2, 0) is 17.8 Å². The molecule has 1 saturated carbocycles. The molecule has 1 spiro atoms. The number of likely N-dealkylation sites (tertiary alicyclic amines) is 1. The fraction of sp³-hybridized carbons (Fsp3) is 0.517. The number of aliphatic hydroxyl groups excluding tert-OH is 1. The molecular formula is C29H33ClFN3O3S. The molecule has 3 aliphatic rings. The van der Waals surface area contributed by atoms with Gasteiger partial charge in [0, 0.05) is 64.9 Å². The first kappa shape index (κ1) is 25.8. The number of nitrogens with zero attached hydrogens (tertiary/aromatic N) is 3. The van der Waals surface area contributed by atoms with Crippen LogP contribution in [0.5, 0.6) is 0 Å². The Morgan fingerprint density at radius 2 is 2.05 bits per heavy atom. The Morgan fingerprint density at radius 3 is 2.76 bits per heavy atom. The minimum Gasteiger partial charge on any atom is -0.444 e. The van der Waals surface area contributed by atoms with Crippen molar-refractivity contribution in [3.8, 4) is 11.1 Å². The van der Waals surface area contributed by atoms with Gasteiger partial charge in [0.2, 0.25) is 0 Å². The van der Waals surface area contributed by atoms with Gasteiger partial charge in [0.05, 0.1) is 22.4 Å². The van der Waals surface area contributed by atoms with Crippen LogP contribution in [0.4, 0.5) is 14.9 Å². The molecule has 2 fully saturated rings. The normalized spacial score (nSPS) is 25.1. The van der Waals surface area contributed by atoms with Gasteiger partial charge in [0.25, 0.3) is 0 Å². The number of fused-ring (bicyclic) bond motifs is 2. The van der Waals surface area contributed by atoms with Gasteiger partial charge < -0.3 is 19.6 Å². The van der Waals surface area contributed by atoms with Crippen molar-refractivity contribution < 1.29 is 19.0 Å². The average molecular weight is 558 g/mol. The van der Waals surface area contributed by atoms with Crippen LogP contribution >= 0.6 is 22.9 Å². The lowest BCUT2D eigenvalue weighted by molar-refractivity contribution is -0.0349. The van der Waals surface area contributed by atoms with E-state index < -0.39 is 17.3 Å². The monoisotopic (exact) mass is 557 g/mol. The standard InChI is InChI=1S/C29H33ClFN3O3S/c1-28(2,3)37-27(36)34-15-20(14-29(34)12-19(31)13-29)33-8-4-5-17-9-18(30)10-23(25(17)33)22-6-7-32-24-11-21(16-35)38-26(22)24/h6-7,9-11,19-20,35H,4-5,8,12-16H2,1-3H3. The van der Waals surface area contributed by atoms with Gasteiger partial charge in [0.15, 0.2) is 0 Å². The molecule has 2 aliphatic heterocycles. The summed E-state index contributed by atoms with van der Waals surface area (Å²) in [4.78, 5) is 22.9. The first-order chi connectivity index (χ1) is 18.1. The molecule has 1 N–H and O–H groups in total. The van der Waals surface area contributed by atoms with Crippen LogP contribution in [0.1, 0.15) is 56.9 Å². The lowest BCUT2D eigenvalue weighted by Crippen LogP contribution is -2.57. The second kappa shape index (κ2) is 9.35. The van der Waals surface area contributed by atoms with E-state index in [1.54, 1.807) is 22.4 Å². The average Bonchev–Trinajstić information content (AvgIpc) is 3.44. The molecule has 0 bridgehead atoms. The Balaban J connectivity index is 1.42. The number of thiophene rings is 1. The van der Waals surface area contributed by atoms with Gasteiger partial charge in [-0.15, -0.1) is 11.3 Å². The first-order valence-electron chi connectivity index (χ1n) is 13.3. The van der Waals surface area contributed by atoms with Crippen LogP contribution in [0.15, 0.2) is 30.5 Å². The molecule has 1 aromatic carbocycles. The van der Waals surface area contributed by atoms with Crippen molar-refractivity contribution in [2.75, 3.05) is 18.0 Å². The summed E-state index contributed by atoms with van der Waals surface area (Å²) in [5.74, 6) is 0. The van der Waals surface area contributed by atoms with E-state index in [9.17, 15) is 14.3 Å². The lowest BCUT2D eigenvalue weighted by atomic mass is 9.72. The summed E-state index contributed by atoms with van der Waals surface area (Å²) in [6.07, 6.45) is 3.90. The molecule has 3 aromatic rings. The minimum absolute atomic E-state index is 0.0273. The number of halogens is 2. The van der Waals surface area contributed by atoms with Crippen LogP contribution in [0.3, 0.4) is 0 Å². The van der Waals surface area contributed by atoms with E-state index in [1.807, 2.05) is 39.0 Å². The largest absolute Gasteiger partial charge is 0.444 e. The molecule has 202 valence electrons. The number of alkyl halides is 1. The van der Waals surface area contributed by atoms with Crippen LogP contribution in [0, 0.1) is 0 Å². The van der Waals surface area contributed by atoms with E-state index in [-0.39, 0.29) is 18.7 Å². The van der Waals surface area contributed by atoms with Gasteiger partial charge in [-0.25, -0.2) is 9.18 Å². The van der Waals surface area contributed by atoms with Crippen molar-refractivity contribution in [2.24, 2.45) is 0 Å². The minimum atomic E-state index is -0.883. The quantitative estimate of drug-likeness (QED) is 0.386. The number of benzene rings is 1. The maximum Gasteiger partial charge on any atom is 0.410 e. The van der Waals surface area contributed by atoms with E-state index >= 15 is 0 Å². The zero-order valence-electron chi connectivity index (χ0n) is 22.0. The second-order valence-corrected chi connectivity index (χ2v) is 13.5. The van der Waals surface area contributed by atoms with Crippen LogP contribution in [0.2, 0.25) is 5.02 Å². The number of aliphatic hydroxyl groups is 1. The van der Waals surface area contributed by atoms with Crippen molar-refractivity contribution in [1.29, 1.82) is 0 Å². The Labute approximate surface area is 231 Å². The van der Waals surface area contributed by atoms with E-state index in [0.717, 1.165) is 51.3 Å². The smallest absolute Gasteiger partial charge is 0.410 e. The number of rotatable bonds is 3. The van der Waals surface area contributed by atoms with Crippen LogP contribution < -0.4 is 4.90 Å². The van der Waals surface area contributed by atoms with E-state index in [4.69, 9.17) is 16.3 Å². The predicted molar refractivity (Wildman–Crippen MR) is 150 cm³/mol. The van der Waals surface area contributed by atoms with E-state index in [1.165, 1.54) is 5.56 Å². The zero-order chi connectivity index (χ0) is 26.8. The van der Waals surface area contributed by atoms with E-state index in [0.29, 0.717) is 30.8 Å². The number of hydrogen-bond donors (Lipinski definition) is 1. The van der Waals surface area contributed by atoms with Gasteiger partial charge in [-0.05, 0) is 69.9 Å². The van der Waals surface area contributed by atoms with Crippen molar-refractivity contribution in [1.82, 2.24) is 9.88 Å². The summed E-state index contributed by atoms with van der Waals surface area (Å²) in [6, 6.07) is 8.06. The summed E-state index contributed by atoms with van der Waals surface area (Å²) in [5.41, 5.74) is 4.13. The van der Waals surface area contributed by atoms with Gasteiger partial charge in [-0.2, -0.15) is 0 Å². The Bertz CT molecular complexity index is 1400. The fourth-order valence-corrected chi connectivity index (χ4v) is 7.79. The Hall–Kier alpha value is -2.42. The van der Waals surface area contributed by atoms with Crippen molar-refractivity contribution in [3.05, 3.63) is 45.9 Å². The summed E-state index contributed by atoms with van der Waals surface area (Å²) in [5, 5.41) is 10.4. The van der Waals surface area contributed by atoms with Gasteiger partial charge in [0.1, 0.15) is 11.8 Å². The number of amides is 1. The highest BCUT2D eigenvalue weighted by atomic mass is 35.5. The molecule has 1 saturated heterocycles. The summed E-state index contributed by atoms with van der Waals surface area (Å²) in [6.45, 7) is 6.92. The molecule has 0 radical (unpaired) electrons. The number of carbonyl (C=O) groups excluding carboxylic acids is 1. The highest BCUT2D eigenvalue weighted by Gasteiger charge is 2.58. The summed E-state index contributed by atoms with van der Waals surface area (Å²) < 4.78 is 21.1. The molecule has 4 heterocycles. The number of aromatic nitrogens is 1. The maximum absolute atomic E-state index is 14.3. The SMILES string of the molecule is CC(C)(C)OC(=O)N1CC(N2CCCc3cc(Cl)cc(-c4ccnc5cc(CO)sc45)c32)CC12CC(F)C2. The molecule has 2 aromatic heterocycles.